The number of amides is 1. The largest absolute Gasteiger partial charge is 0.452 e. The standard InChI is InChI=1S/C19H17N3O3/c1-14-12-17(22(21-14)16-10-6-3-7-11-16)20-18(23)13-25-19(24)15-8-4-2-5-9-15/h2-12H,13H2,1H3,(H,20,23). The van der Waals surface area contributed by atoms with Crippen molar-refractivity contribution in [2.75, 3.05) is 11.9 Å². The lowest BCUT2D eigenvalue weighted by molar-refractivity contribution is -0.119. The fourth-order valence-electron chi connectivity index (χ4n) is 2.32. The molecule has 3 rings (SSSR count). The molecule has 0 fully saturated rings. The van der Waals surface area contributed by atoms with Gasteiger partial charge in [0.2, 0.25) is 0 Å². The third-order valence-corrected chi connectivity index (χ3v) is 3.44. The zero-order valence-corrected chi connectivity index (χ0v) is 13.7. The van der Waals surface area contributed by atoms with Gasteiger partial charge in [-0.3, -0.25) is 4.79 Å². The van der Waals surface area contributed by atoms with Crippen LogP contribution in [0.2, 0.25) is 0 Å². The summed E-state index contributed by atoms with van der Waals surface area (Å²) in [6.45, 7) is 1.47. The van der Waals surface area contributed by atoms with E-state index in [0.29, 0.717) is 11.4 Å². The van der Waals surface area contributed by atoms with Crippen LogP contribution < -0.4 is 5.32 Å². The van der Waals surface area contributed by atoms with Crippen molar-refractivity contribution in [1.29, 1.82) is 0 Å². The molecule has 1 N–H and O–H groups in total. The third kappa shape index (κ3) is 4.11. The molecule has 1 heterocycles. The molecule has 0 bridgehead atoms. The Morgan fingerprint density at radius 1 is 1.04 bits per heavy atom. The topological polar surface area (TPSA) is 73.2 Å². The fraction of sp³-hybridized carbons (Fsp3) is 0.105. The van der Waals surface area contributed by atoms with Crippen LogP contribution >= 0.6 is 0 Å². The van der Waals surface area contributed by atoms with Crippen molar-refractivity contribution in [3.05, 3.63) is 78.0 Å². The van der Waals surface area contributed by atoms with Crippen LogP contribution in [0, 0.1) is 6.92 Å². The molecule has 3 aromatic rings. The number of nitrogens with zero attached hydrogens (tertiary/aromatic N) is 2. The summed E-state index contributed by atoms with van der Waals surface area (Å²) in [5, 5.41) is 7.09. The number of aromatic nitrogens is 2. The first-order chi connectivity index (χ1) is 12.1. The van der Waals surface area contributed by atoms with Gasteiger partial charge in [-0.25, -0.2) is 9.48 Å². The lowest BCUT2D eigenvalue weighted by Crippen LogP contribution is -2.22. The molecule has 25 heavy (non-hydrogen) atoms. The Kier molecular flexibility index (Phi) is 4.89. The number of hydrogen-bond donors (Lipinski definition) is 1. The molecule has 0 aliphatic rings. The normalized spacial score (nSPS) is 10.3. The number of hydrogen-bond acceptors (Lipinski definition) is 4. The zero-order chi connectivity index (χ0) is 17.6. The first kappa shape index (κ1) is 16.4. The molecule has 6 nitrogen and oxygen atoms in total. The van der Waals surface area contributed by atoms with E-state index in [9.17, 15) is 9.59 Å². The highest BCUT2D eigenvalue weighted by Gasteiger charge is 2.13. The number of aryl methyl sites for hydroxylation is 1. The van der Waals surface area contributed by atoms with E-state index in [4.69, 9.17) is 4.74 Å². The van der Waals surface area contributed by atoms with Crippen molar-refractivity contribution < 1.29 is 14.3 Å². The van der Waals surface area contributed by atoms with Crippen LogP contribution in [-0.2, 0) is 9.53 Å². The predicted molar refractivity (Wildman–Crippen MR) is 93.7 cm³/mol. The molecule has 0 aliphatic heterocycles. The summed E-state index contributed by atoms with van der Waals surface area (Å²) in [6.07, 6.45) is 0. The molecular weight excluding hydrogens is 318 g/mol. The number of benzene rings is 2. The number of rotatable bonds is 5. The van der Waals surface area contributed by atoms with Crippen molar-refractivity contribution in [2.24, 2.45) is 0 Å². The van der Waals surface area contributed by atoms with E-state index >= 15 is 0 Å². The van der Waals surface area contributed by atoms with Gasteiger partial charge in [-0.2, -0.15) is 5.10 Å². The predicted octanol–water partition coefficient (Wildman–Crippen LogP) is 2.98. The van der Waals surface area contributed by atoms with Gasteiger partial charge in [-0.05, 0) is 31.2 Å². The number of para-hydroxylation sites is 1. The molecule has 0 unspecified atom stereocenters. The van der Waals surface area contributed by atoms with Crippen molar-refractivity contribution in [2.45, 2.75) is 6.92 Å². The molecule has 126 valence electrons. The minimum atomic E-state index is -0.538. The van der Waals surface area contributed by atoms with E-state index in [-0.39, 0.29) is 6.61 Å². The molecule has 0 aliphatic carbocycles. The van der Waals surface area contributed by atoms with Gasteiger partial charge in [-0.15, -0.1) is 0 Å². The van der Waals surface area contributed by atoms with Crippen molar-refractivity contribution in [3.63, 3.8) is 0 Å². The number of ether oxygens (including phenoxy) is 1. The summed E-state index contributed by atoms with van der Waals surface area (Å²) in [5.74, 6) is -0.450. The van der Waals surface area contributed by atoms with Gasteiger partial charge in [0.25, 0.3) is 5.91 Å². The quantitative estimate of drug-likeness (QED) is 0.728. The van der Waals surface area contributed by atoms with Gasteiger partial charge >= 0.3 is 5.97 Å². The minimum absolute atomic E-state index is 0.368. The number of esters is 1. The van der Waals surface area contributed by atoms with Gasteiger partial charge in [0.05, 0.1) is 16.9 Å². The van der Waals surface area contributed by atoms with Gasteiger partial charge in [0, 0.05) is 6.07 Å². The Morgan fingerprint density at radius 3 is 2.36 bits per heavy atom. The fourth-order valence-corrected chi connectivity index (χ4v) is 2.32. The maximum atomic E-state index is 12.1. The van der Waals surface area contributed by atoms with E-state index in [1.807, 2.05) is 37.3 Å². The zero-order valence-electron chi connectivity index (χ0n) is 13.7. The van der Waals surface area contributed by atoms with Gasteiger partial charge in [-0.1, -0.05) is 36.4 Å². The molecule has 0 saturated carbocycles. The molecule has 0 radical (unpaired) electrons. The third-order valence-electron chi connectivity index (χ3n) is 3.44. The van der Waals surface area contributed by atoms with Crippen LogP contribution in [0.4, 0.5) is 5.82 Å². The van der Waals surface area contributed by atoms with Crippen LogP contribution in [0.5, 0.6) is 0 Å². The molecule has 1 aromatic heterocycles. The minimum Gasteiger partial charge on any atom is -0.452 e. The van der Waals surface area contributed by atoms with E-state index < -0.39 is 11.9 Å². The summed E-state index contributed by atoms with van der Waals surface area (Å²) in [6, 6.07) is 19.7. The summed E-state index contributed by atoms with van der Waals surface area (Å²) >= 11 is 0. The molecule has 0 saturated heterocycles. The SMILES string of the molecule is Cc1cc(NC(=O)COC(=O)c2ccccc2)n(-c2ccccc2)n1. The average molecular weight is 335 g/mol. The van der Waals surface area contributed by atoms with Crippen LogP contribution in [-0.4, -0.2) is 28.3 Å². The first-order valence-corrected chi connectivity index (χ1v) is 7.77. The lowest BCUT2D eigenvalue weighted by atomic mass is 10.2. The highest BCUT2D eigenvalue weighted by Crippen LogP contribution is 2.16. The second kappa shape index (κ2) is 7.44. The van der Waals surface area contributed by atoms with Gasteiger partial charge in [0.1, 0.15) is 5.82 Å². The molecule has 6 heteroatoms. The monoisotopic (exact) mass is 335 g/mol. The Morgan fingerprint density at radius 2 is 1.68 bits per heavy atom. The maximum absolute atomic E-state index is 12.1. The van der Waals surface area contributed by atoms with Crippen molar-refractivity contribution in [3.8, 4) is 5.69 Å². The number of nitrogens with one attached hydrogen (secondary N) is 1. The van der Waals surface area contributed by atoms with Crippen LogP contribution in [0.1, 0.15) is 16.1 Å². The highest BCUT2D eigenvalue weighted by molar-refractivity contribution is 5.95. The molecular formula is C19H17N3O3. The molecule has 1 amide bonds. The molecule has 0 spiro atoms. The molecule has 0 atom stereocenters. The van der Waals surface area contributed by atoms with Crippen LogP contribution in [0.3, 0.4) is 0 Å². The number of carbonyl (C=O) groups is 2. The van der Waals surface area contributed by atoms with Gasteiger partial charge < -0.3 is 10.1 Å². The maximum Gasteiger partial charge on any atom is 0.338 e. The van der Waals surface area contributed by atoms with E-state index in [0.717, 1.165) is 11.4 Å². The van der Waals surface area contributed by atoms with Crippen molar-refractivity contribution >= 4 is 17.7 Å². The Balaban J connectivity index is 1.65. The van der Waals surface area contributed by atoms with Crippen LogP contribution in [0.25, 0.3) is 5.69 Å². The average Bonchev–Trinajstić information content (AvgIpc) is 3.01. The second-order valence-electron chi connectivity index (χ2n) is 5.41. The summed E-state index contributed by atoms with van der Waals surface area (Å²) in [7, 11) is 0. The van der Waals surface area contributed by atoms with E-state index in [1.54, 1.807) is 41.1 Å². The highest BCUT2D eigenvalue weighted by atomic mass is 16.5. The summed E-state index contributed by atoms with van der Waals surface area (Å²) in [5.41, 5.74) is 1.99. The Labute approximate surface area is 145 Å². The Hall–Kier alpha value is -3.41. The van der Waals surface area contributed by atoms with Crippen LogP contribution in [0.15, 0.2) is 66.7 Å². The molecule has 2 aromatic carbocycles. The first-order valence-electron chi connectivity index (χ1n) is 7.77. The Bertz CT molecular complexity index is 873. The summed E-state index contributed by atoms with van der Waals surface area (Å²) in [4.78, 5) is 24.0. The number of anilines is 1. The smallest absolute Gasteiger partial charge is 0.338 e. The summed E-state index contributed by atoms with van der Waals surface area (Å²) < 4.78 is 6.67. The van der Waals surface area contributed by atoms with E-state index in [1.165, 1.54) is 0 Å². The van der Waals surface area contributed by atoms with Crippen molar-refractivity contribution in [1.82, 2.24) is 9.78 Å². The van der Waals surface area contributed by atoms with Gasteiger partial charge in [0.15, 0.2) is 6.61 Å². The van der Waals surface area contributed by atoms with E-state index in [2.05, 4.69) is 10.4 Å². The second-order valence-corrected chi connectivity index (χ2v) is 5.41. The lowest BCUT2D eigenvalue weighted by Gasteiger charge is -2.09. The number of carbonyl (C=O) groups excluding carboxylic acids is 2.